The van der Waals surface area contributed by atoms with Gasteiger partial charge in [0.1, 0.15) is 5.52 Å². The SMILES string of the molecule is CC/C=C\CC=CCC=CC/C=C\C/C=C\CCCC(=O)N1CCC[C@@H](c2ccc(-n3cc4cccc(C(N)=O)c4n3)cc2)C1. The van der Waals surface area contributed by atoms with E-state index >= 15 is 0 Å². The minimum Gasteiger partial charge on any atom is -0.366 e. The van der Waals surface area contributed by atoms with E-state index < -0.39 is 5.91 Å². The Labute approximate surface area is 268 Å². The molecule has 0 saturated carbocycles. The van der Waals surface area contributed by atoms with Crippen LogP contribution in [0, 0.1) is 0 Å². The number of carbonyl (C=O) groups excluding carboxylic acids is 2. The topological polar surface area (TPSA) is 81.2 Å². The van der Waals surface area contributed by atoms with Crippen molar-refractivity contribution < 1.29 is 9.59 Å². The van der Waals surface area contributed by atoms with Gasteiger partial charge in [-0.05, 0) is 81.5 Å². The average Bonchev–Trinajstić information content (AvgIpc) is 3.51. The lowest BCUT2D eigenvalue weighted by Crippen LogP contribution is -2.39. The highest BCUT2D eigenvalue weighted by atomic mass is 16.2. The molecule has 1 aliphatic heterocycles. The molecule has 0 unspecified atom stereocenters. The summed E-state index contributed by atoms with van der Waals surface area (Å²) in [5.74, 6) is 0.116. The Morgan fingerprint density at radius 2 is 1.51 bits per heavy atom. The lowest BCUT2D eigenvalue weighted by molar-refractivity contribution is -0.132. The Bertz CT molecular complexity index is 1520. The zero-order chi connectivity index (χ0) is 31.7. The number of carbonyl (C=O) groups is 2. The predicted molar refractivity (Wildman–Crippen MR) is 186 cm³/mol. The van der Waals surface area contributed by atoms with Crippen LogP contribution in [-0.2, 0) is 4.79 Å². The molecular formula is C39H48N4O2. The molecule has 2 heterocycles. The Morgan fingerprint density at radius 3 is 2.16 bits per heavy atom. The second-order valence-corrected chi connectivity index (χ2v) is 11.6. The van der Waals surface area contributed by atoms with Crippen LogP contribution in [0.2, 0.25) is 0 Å². The van der Waals surface area contributed by atoms with Crippen LogP contribution in [0.1, 0.15) is 93.0 Å². The summed E-state index contributed by atoms with van der Waals surface area (Å²) in [7, 11) is 0. The van der Waals surface area contributed by atoms with Crippen molar-refractivity contribution >= 4 is 22.7 Å². The Morgan fingerprint density at radius 1 is 0.867 bits per heavy atom. The molecule has 0 aliphatic carbocycles. The van der Waals surface area contributed by atoms with E-state index in [0.717, 1.165) is 82.0 Å². The molecule has 6 heteroatoms. The fourth-order valence-electron chi connectivity index (χ4n) is 5.65. The molecule has 6 nitrogen and oxygen atoms in total. The van der Waals surface area contributed by atoms with Gasteiger partial charge in [0.05, 0.1) is 11.3 Å². The Hall–Kier alpha value is -4.45. The summed E-state index contributed by atoms with van der Waals surface area (Å²) in [4.78, 5) is 26.8. The molecule has 2 amide bonds. The second kappa shape index (κ2) is 18.4. The van der Waals surface area contributed by atoms with E-state index in [1.807, 2.05) is 23.2 Å². The van der Waals surface area contributed by atoms with Gasteiger partial charge in [-0.25, -0.2) is 4.68 Å². The number of hydrogen-bond acceptors (Lipinski definition) is 3. The Kier molecular flexibility index (Phi) is 13.7. The van der Waals surface area contributed by atoms with Gasteiger partial charge in [0.15, 0.2) is 0 Å². The maximum absolute atomic E-state index is 13.0. The molecule has 45 heavy (non-hydrogen) atoms. The molecule has 4 rings (SSSR count). The number of aromatic nitrogens is 2. The van der Waals surface area contributed by atoms with Gasteiger partial charge in [0.25, 0.3) is 5.91 Å². The number of fused-ring (bicyclic) bond motifs is 1. The molecule has 1 aromatic heterocycles. The number of nitrogens with zero attached hydrogens (tertiary/aromatic N) is 3. The van der Waals surface area contributed by atoms with Crippen LogP contribution in [0.5, 0.6) is 0 Å². The predicted octanol–water partition coefficient (Wildman–Crippen LogP) is 8.75. The monoisotopic (exact) mass is 604 g/mol. The molecule has 2 aromatic carbocycles. The van der Waals surface area contributed by atoms with Gasteiger partial charge in [0.2, 0.25) is 5.91 Å². The third kappa shape index (κ3) is 10.6. The number of benzene rings is 2. The zero-order valence-electron chi connectivity index (χ0n) is 26.7. The van der Waals surface area contributed by atoms with Gasteiger partial charge in [-0.2, -0.15) is 5.10 Å². The highest BCUT2D eigenvalue weighted by Crippen LogP contribution is 2.28. The molecular weight excluding hydrogens is 556 g/mol. The highest BCUT2D eigenvalue weighted by Gasteiger charge is 2.24. The maximum Gasteiger partial charge on any atom is 0.250 e. The number of allylic oxidation sites excluding steroid dienone is 10. The molecule has 1 aliphatic rings. The van der Waals surface area contributed by atoms with Gasteiger partial charge in [-0.1, -0.05) is 91.9 Å². The van der Waals surface area contributed by atoms with Gasteiger partial charge >= 0.3 is 0 Å². The highest BCUT2D eigenvalue weighted by molar-refractivity contribution is 6.04. The third-order valence-corrected chi connectivity index (χ3v) is 8.12. The minimum atomic E-state index is -0.480. The minimum absolute atomic E-state index is 0.261. The van der Waals surface area contributed by atoms with Crippen molar-refractivity contribution in [2.24, 2.45) is 5.73 Å². The molecule has 0 radical (unpaired) electrons. The standard InChI is InChI=1S/C39H48N4O2/c1-2-3-4-5-6-7-8-9-10-11-12-13-14-15-16-17-18-24-37(44)42-29-20-22-33(30-42)32-25-27-35(28-26-32)43-31-34-21-19-23-36(39(40)45)38(34)41-43/h3-4,6-7,9-10,12-13,15-16,19,21,23,25-28,31,33H,2,5,8,11,14,17-18,20,22,24,29-30H2,1H3,(H2,40,45)/b4-3-,7-6?,10-9?,13-12-,16-15-/t33-/m1/s1. The summed E-state index contributed by atoms with van der Waals surface area (Å²) in [6.07, 6.45) is 33.5. The van der Waals surface area contributed by atoms with Crippen molar-refractivity contribution in [1.82, 2.24) is 14.7 Å². The number of hydrogen-bond donors (Lipinski definition) is 1. The molecule has 2 N–H and O–H groups in total. The largest absolute Gasteiger partial charge is 0.366 e. The van der Waals surface area contributed by atoms with Crippen molar-refractivity contribution in [2.75, 3.05) is 13.1 Å². The average molecular weight is 605 g/mol. The summed E-state index contributed by atoms with van der Waals surface area (Å²) in [6, 6.07) is 13.8. The van der Waals surface area contributed by atoms with Crippen LogP contribution in [0.15, 0.2) is 109 Å². The van der Waals surface area contributed by atoms with E-state index in [2.05, 4.69) is 97.0 Å². The molecule has 1 saturated heterocycles. The van der Waals surface area contributed by atoms with Crippen LogP contribution in [-0.4, -0.2) is 39.6 Å². The first-order valence-electron chi connectivity index (χ1n) is 16.5. The van der Waals surface area contributed by atoms with E-state index in [-0.39, 0.29) is 5.91 Å². The fraction of sp³-hybridized carbons (Fsp3) is 0.359. The van der Waals surface area contributed by atoms with Crippen molar-refractivity contribution in [1.29, 1.82) is 0 Å². The summed E-state index contributed by atoms with van der Waals surface area (Å²) >= 11 is 0. The van der Waals surface area contributed by atoms with Gasteiger partial charge in [-0.15, -0.1) is 0 Å². The number of rotatable bonds is 16. The van der Waals surface area contributed by atoms with Gasteiger partial charge in [-0.3, -0.25) is 9.59 Å². The number of likely N-dealkylation sites (tertiary alicyclic amines) is 1. The van der Waals surface area contributed by atoms with Crippen molar-refractivity contribution in [2.45, 2.75) is 77.0 Å². The van der Waals surface area contributed by atoms with E-state index in [9.17, 15) is 9.59 Å². The van der Waals surface area contributed by atoms with E-state index in [1.54, 1.807) is 10.7 Å². The third-order valence-electron chi connectivity index (χ3n) is 8.12. The van der Waals surface area contributed by atoms with Crippen molar-refractivity contribution in [3.8, 4) is 5.69 Å². The van der Waals surface area contributed by atoms with E-state index in [4.69, 9.17) is 5.73 Å². The Balaban J connectivity index is 1.14. The molecule has 1 fully saturated rings. The van der Waals surface area contributed by atoms with Crippen LogP contribution >= 0.6 is 0 Å². The van der Waals surface area contributed by atoms with E-state index in [1.165, 1.54) is 5.56 Å². The second-order valence-electron chi connectivity index (χ2n) is 11.6. The lowest BCUT2D eigenvalue weighted by atomic mass is 9.90. The van der Waals surface area contributed by atoms with Crippen LogP contribution in [0.25, 0.3) is 16.6 Å². The van der Waals surface area contributed by atoms with Gasteiger partial charge in [0, 0.05) is 37.0 Å². The summed E-state index contributed by atoms with van der Waals surface area (Å²) < 4.78 is 1.79. The van der Waals surface area contributed by atoms with Crippen LogP contribution in [0.3, 0.4) is 0 Å². The van der Waals surface area contributed by atoms with Crippen molar-refractivity contribution in [3.05, 3.63) is 121 Å². The summed E-state index contributed by atoms with van der Waals surface area (Å²) in [6.45, 7) is 3.77. The maximum atomic E-state index is 13.0. The molecule has 0 spiro atoms. The molecule has 236 valence electrons. The van der Waals surface area contributed by atoms with Gasteiger partial charge < -0.3 is 10.6 Å². The zero-order valence-corrected chi connectivity index (χ0v) is 26.7. The number of nitrogens with two attached hydrogens (primary N) is 1. The first kappa shape index (κ1) is 33.4. The molecule has 3 aromatic rings. The van der Waals surface area contributed by atoms with Crippen LogP contribution in [0.4, 0.5) is 0 Å². The van der Waals surface area contributed by atoms with Crippen molar-refractivity contribution in [3.63, 3.8) is 0 Å². The lowest BCUT2D eigenvalue weighted by Gasteiger charge is -2.33. The van der Waals surface area contributed by atoms with E-state index in [0.29, 0.717) is 23.4 Å². The normalized spacial score (nSPS) is 16.0. The first-order chi connectivity index (χ1) is 22.1. The summed E-state index contributed by atoms with van der Waals surface area (Å²) in [5, 5.41) is 5.49. The molecule has 1 atom stereocenters. The quantitative estimate of drug-likeness (QED) is 0.131. The number of unbranched alkanes of at least 4 members (excludes halogenated alkanes) is 1. The number of piperidine rings is 1. The number of primary amides is 1. The molecule has 0 bridgehead atoms. The first-order valence-corrected chi connectivity index (χ1v) is 16.5. The van der Waals surface area contributed by atoms with Crippen LogP contribution < -0.4 is 5.73 Å². The smallest absolute Gasteiger partial charge is 0.250 e. The number of amides is 2. The summed E-state index contributed by atoms with van der Waals surface area (Å²) in [5.41, 5.74) is 8.72. The fourth-order valence-corrected chi connectivity index (χ4v) is 5.65.